The lowest BCUT2D eigenvalue weighted by Gasteiger charge is -2.29. The third kappa shape index (κ3) is 38.7. The molecule has 746 valence electrons. The number of aldehydes is 1. The van der Waals surface area contributed by atoms with Crippen LogP contribution in [0.1, 0.15) is 225 Å². The molecule has 33 heteroatoms. The van der Waals surface area contributed by atoms with Crippen LogP contribution in [0, 0.1) is 35.5 Å². The zero-order valence-electron chi connectivity index (χ0n) is 79.9. The number of alkyl carbamates (subject to hydrolysis) is 2. The first-order valence-electron chi connectivity index (χ1n) is 47.0. The first kappa shape index (κ1) is 113. The van der Waals surface area contributed by atoms with E-state index in [1.165, 1.54) is 62.9 Å². The Hall–Kier alpha value is -10.3. The Morgan fingerprint density at radius 1 is 0.426 bits per heavy atom. The van der Waals surface area contributed by atoms with Crippen LogP contribution in [0.3, 0.4) is 0 Å². The molecule has 0 saturated heterocycles. The van der Waals surface area contributed by atoms with Crippen molar-refractivity contribution in [2.75, 3.05) is 19.6 Å². The van der Waals surface area contributed by atoms with Crippen molar-refractivity contribution in [2.45, 2.75) is 180 Å². The molecule has 5 aromatic heterocycles. The minimum Gasteiger partial charge on any atom is -0.444 e. The van der Waals surface area contributed by atoms with E-state index >= 15 is 0 Å². The summed E-state index contributed by atoms with van der Waals surface area (Å²) in [5.41, 5.74) is 36.9. The summed E-state index contributed by atoms with van der Waals surface area (Å²) in [5.74, 6) is 0.146. The van der Waals surface area contributed by atoms with Crippen LogP contribution in [0.25, 0.3) is 22.3 Å². The zero-order valence-corrected chi connectivity index (χ0v) is 89.5. The van der Waals surface area contributed by atoms with Gasteiger partial charge in [-0.1, -0.05) is 169 Å². The number of benzene rings is 7. The number of rotatable bonds is 30. The minimum absolute atomic E-state index is 0.0226. The summed E-state index contributed by atoms with van der Waals surface area (Å²) >= 11 is 24.8. The number of carbonyl (C=O) groups is 9. The second-order valence-electron chi connectivity index (χ2n) is 37.1. The fourth-order valence-corrected chi connectivity index (χ4v) is 22.9. The number of carbonyl (C=O) groups excluding carboxylic acids is 9. The predicted molar refractivity (Wildman–Crippen MR) is 582 cm³/mol. The largest absolute Gasteiger partial charge is 0.488 e. The molecule has 0 spiro atoms. The number of nitrogens with one attached hydrogen (secondary N) is 5. The number of primary amides is 3. The highest BCUT2D eigenvalue weighted by Gasteiger charge is 2.34. The summed E-state index contributed by atoms with van der Waals surface area (Å²) in [6, 6.07) is 71.0. The molecule has 4 unspecified atom stereocenters. The molecule has 0 aliphatic heterocycles. The fraction of sp³-hybridized carbons (Fsp3) is 0.343. The molecule has 5 heterocycles. The molecule has 23 nitrogen and oxygen atoms in total. The molecule has 3 fully saturated rings. The smallest absolute Gasteiger partial charge is 0.444 e. The summed E-state index contributed by atoms with van der Waals surface area (Å²) in [4.78, 5) is 112. The summed E-state index contributed by atoms with van der Waals surface area (Å²) < 4.78 is 14.4. The summed E-state index contributed by atoms with van der Waals surface area (Å²) in [7, 11) is -1.51. The van der Waals surface area contributed by atoms with Crippen molar-refractivity contribution in [1.82, 2.24) is 26.6 Å². The Labute approximate surface area is 877 Å². The van der Waals surface area contributed by atoms with Gasteiger partial charge in [0, 0.05) is 108 Å². The van der Waals surface area contributed by atoms with Gasteiger partial charge in [0.1, 0.15) is 15.5 Å². The second-order valence-corrected chi connectivity index (χ2v) is 45.3. The predicted octanol–water partition coefficient (Wildman–Crippen LogP) is 22.4. The molecule has 3 aliphatic carbocycles. The molecule has 3 saturated carbocycles. The SMILES string of the molecule is CC(C)(C)OC(=O)NCC1CCC(C(=O)NC(Cc2ccccc2)c2cc(-c3ccc(C(N)=O)cc3)cs2)CC1.CC(C)(C)OC(=O)NCC1CCC(C(=O)NC(Cc2ccccc2)c2cc(Br)cs2)CC1.NC(=O)c1ccc(B(O)O)cc1.NC(Cc1ccccc1)c1cc(Br)cs1.NCC1CCC(C(=O)NC(Cc2ccccc2)c2cc(-c3ccc(C(N)=O)cc3)c(Cl)s2)CC1.O=Cc1cc(Br)cs1. The fourth-order valence-electron chi connectivity index (χ4n) is 16.4. The number of nitrogens with two attached hydrogens (primary N) is 5. The lowest BCUT2D eigenvalue weighted by molar-refractivity contribution is -0.127. The maximum Gasteiger partial charge on any atom is 0.488 e. The van der Waals surface area contributed by atoms with Crippen LogP contribution in [0.2, 0.25) is 4.34 Å². The van der Waals surface area contributed by atoms with E-state index in [0.29, 0.717) is 76.7 Å². The minimum atomic E-state index is -1.51. The van der Waals surface area contributed by atoms with Crippen LogP contribution in [0.15, 0.2) is 259 Å². The van der Waals surface area contributed by atoms with Crippen molar-refractivity contribution in [1.29, 1.82) is 0 Å². The first-order valence-corrected chi connectivity index (χ1v) is 54.1. The highest BCUT2D eigenvalue weighted by atomic mass is 79.9. The van der Waals surface area contributed by atoms with Crippen LogP contribution in [0.4, 0.5) is 9.59 Å². The Kier molecular flexibility index (Phi) is 45.3. The van der Waals surface area contributed by atoms with E-state index in [1.807, 2.05) is 150 Å². The number of hydrogen-bond donors (Lipinski definition) is 12. The second kappa shape index (κ2) is 56.7. The molecule has 15 rings (SSSR count). The number of ether oxygens (including phenoxy) is 2. The van der Waals surface area contributed by atoms with Crippen molar-refractivity contribution in [3.05, 3.63) is 327 Å². The number of hydrogen-bond acceptors (Lipinski definition) is 20. The Balaban J connectivity index is 0.000000186. The Morgan fingerprint density at radius 2 is 0.766 bits per heavy atom. The first-order chi connectivity index (χ1) is 67.4. The summed E-state index contributed by atoms with van der Waals surface area (Å²) in [6.07, 6.45) is 13.8. The molecule has 7 aromatic carbocycles. The molecular weight excluding hydrogens is 2090 g/mol. The number of thiophene rings is 5. The number of amides is 8. The van der Waals surface area contributed by atoms with Gasteiger partial charge in [-0.05, 0) is 333 Å². The quantitative estimate of drug-likeness (QED) is 0.0147. The molecule has 4 atom stereocenters. The van der Waals surface area contributed by atoms with Gasteiger partial charge in [0.2, 0.25) is 35.4 Å². The third-order valence-corrected chi connectivity index (χ3v) is 31.8. The molecule has 17 N–H and O–H groups in total. The Bertz CT molecular complexity index is 5950. The molecule has 3 aliphatic rings. The molecule has 12 aromatic rings. The van der Waals surface area contributed by atoms with E-state index in [9.17, 15) is 43.2 Å². The van der Waals surface area contributed by atoms with Gasteiger partial charge in [0.05, 0.1) is 23.0 Å². The van der Waals surface area contributed by atoms with Crippen LogP contribution in [-0.4, -0.2) is 102 Å². The molecule has 8 amide bonds. The van der Waals surface area contributed by atoms with E-state index < -0.39 is 42.1 Å². The van der Waals surface area contributed by atoms with Crippen molar-refractivity contribution < 1.29 is 62.7 Å². The van der Waals surface area contributed by atoms with E-state index in [4.69, 9.17) is 59.8 Å². The summed E-state index contributed by atoms with van der Waals surface area (Å²) in [5, 5.41) is 41.2. The normalized spacial score (nSPS) is 16.8. The van der Waals surface area contributed by atoms with Gasteiger partial charge in [0.15, 0.2) is 6.29 Å². The maximum atomic E-state index is 13.4. The lowest BCUT2D eigenvalue weighted by atomic mass is 9.80. The van der Waals surface area contributed by atoms with Crippen molar-refractivity contribution >= 4 is 183 Å². The van der Waals surface area contributed by atoms with Crippen LogP contribution < -0.4 is 60.7 Å². The average molecular weight is 2220 g/mol. The average Bonchev–Trinajstić information content (AvgIpc) is 1.67. The molecule has 0 bridgehead atoms. The zero-order chi connectivity index (χ0) is 102. The number of halogens is 4. The van der Waals surface area contributed by atoms with Gasteiger partial charge in [-0.25, -0.2) is 9.59 Å². The van der Waals surface area contributed by atoms with E-state index in [1.54, 1.807) is 64.3 Å². The van der Waals surface area contributed by atoms with Crippen LogP contribution in [-0.2, 0) is 49.5 Å². The van der Waals surface area contributed by atoms with Crippen molar-refractivity contribution in [3.8, 4) is 22.3 Å². The van der Waals surface area contributed by atoms with Gasteiger partial charge in [-0.2, -0.15) is 0 Å². The monoisotopic (exact) mass is 2210 g/mol. The standard InChI is InChI=1S/C32H39N3O4S.C27H30ClN3O2S.C25H33BrN2O3S.C12H12BrNS.C7H8BNO3.C5H3BrOS/c1-32(2,3)39-31(38)34-19-22-9-11-25(12-10-22)30(37)35-27(17-21-7-5-4-6-8-21)28-18-26(20-40-28)23-13-15-24(16-14-23)29(33)36;28-25-22(19-10-12-20(13-11-19)26(30)32)15-24(34-25)23(14-17-4-2-1-3-5-17)31-27(33)21-8-6-18(16-29)7-9-21;1-25(2,3)31-24(30)27-15-18-9-11-19(12-10-18)23(29)28-21(22-14-20(26)16-32-22)13-17-7-5-4-6-8-17;13-10-7-12(15-8-10)11(14)6-9-4-2-1-3-5-9;9-7(10)5-1-3-6(4-2-5)8(11)12;6-4-1-5(2-7)8-3-4/h4-8,13-16,18,20,22,25,27H,9-12,17,19H2,1-3H3,(H2,33,36)(H,34,38)(H,35,37);1-5,10-13,15,18,21,23H,6-9,14,16,29H2,(H2,30,32)(H,31,33);4-8,14,16,18-19,21H,9-13,15H2,1-3H3,(H,27,30)(H,28,29);1-5,7-8,11H,6,14H2;1-4,11-12H,(H2,9,10);1-3H. The third-order valence-electron chi connectivity index (χ3n) is 24.0. The van der Waals surface area contributed by atoms with Crippen molar-refractivity contribution in [2.24, 2.45) is 64.2 Å². The van der Waals surface area contributed by atoms with E-state index in [-0.39, 0.29) is 65.7 Å². The highest BCUT2D eigenvalue weighted by molar-refractivity contribution is 9.11. The maximum absolute atomic E-state index is 13.4. The van der Waals surface area contributed by atoms with Gasteiger partial charge in [0.25, 0.3) is 0 Å². The lowest BCUT2D eigenvalue weighted by Crippen LogP contribution is -2.39. The van der Waals surface area contributed by atoms with Crippen molar-refractivity contribution in [3.63, 3.8) is 0 Å². The van der Waals surface area contributed by atoms with Crippen LogP contribution >= 0.6 is 116 Å². The molecule has 0 radical (unpaired) electrons. The van der Waals surface area contributed by atoms with Gasteiger partial charge in [-0.15, -0.1) is 56.7 Å². The molecule has 141 heavy (non-hydrogen) atoms. The molecular formula is C108H125BBr3ClN10O13S5. The summed E-state index contributed by atoms with van der Waals surface area (Å²) in [6.45, 7) is 13.0. The van der Waals surface area contributed by atoms with E-state index in [0.717, 1.165) is 162 Å². The Morgan fingerprint density at radius 3 is 1.11 bits per heavy atom. The van der Waals surface area contributed by atoms with Crippen LogP contribution in [0.5, 0.6) is 0 Å². The van der Waals surface area contributed by atoms with E-state index in [2.05, 4.69) is 157 Å². The van der Waals surface area contributed by atoms with Gasteiger partial charge < -0.3 is 74.8 Å². The highest BCUT2D eigenvalue weighted by Crippen LogP contribution is 2.42. The van der Waals surface area contributed by atoms with Gasteiger partial charge in [-0.3, -0.25) is 33.6 Å². The topological polar surface area (TPSA) is 403 Å². The van der Waals surface area contributed by atoms with Gasteiger partial charge >= 0.3 is 19.3 Å².